The molecule has 1 N–H and O–H groups in total. The molecular formula is C21H26N4O. The van der Waals surface area contributed by atoms with Gasteiger partial charge in [0, 0.05) is 50.9 Å². The van der Waals surface area contributed by atoms with E-state index < -0.39 is 0 Å². The van der Waals surface area contributed by atoms with E-state index in [0.717, 1.165) is 45.0 Å². The average Bonchev–Trinajstić information content (AvgIpc) is 3.10. The second kappa shape index (κ2) is 7.46. The van der Waals surface area contributed by atoms with Gasteiger partial charge in [0.05, 0.1) is 5.56 Å². The second-order valence-electron chi connectivity index (χ2n) is 7.29. The normalized spacial score (nSPS) is 23.3. The minimum absolute atomic E-state index is 0.0854. The Labute approximate surface area is 155 Å². The van der Waals surface area contributed by atoms with Gasteiger partial charge in [0.25, 0.3) is 5.91 Å². The van der Waals surface area contributed by atoms with E-state index in [0.29, 0.717) is 17.5 Å². The first-order valence-electron chi connectivity index (χ1n) is 9.50. The molecule has 26 heavy (non-hydrogen) atoms. The van der Waals surface area contributed by atoms with Crippen molar-refractivity contribution in [3.05, 3.63) is 59.8 Å². The molecule has 4 rings (SSSR count). The van der Waals surface area contributed by atoms with E-state index in [1.165, 1.54) is 5.56 Å². The Hall–Kier alpha value is -2.40. The molecule has 0 bridgehead atoms. The van der Waals surface area contributed by atoms with E-state index in [1.54, 1.807) is 6.20 Å². The number of piperazine rings is 1. The summed E-state index contributed by atoms with van der Waals surface area (Å²) in [6.45, 7) is 6.49. The summed E-state index contributed by atoms with van der Waals surface area (Å²) >= 11 is 0. The van der Waals surface area contributed by atoms with Crippen LogP contribution in [0, 0.1) is 0 Å². The van der Waals surface area contributed by atoms with Crippen LogP contribution in [0.1, 0.15) is 35.2 Å². The molecule has 2 aliphatic rings. The first-order valence-corrected chi connectivity index (χ1v) is 9.50. The first kappa shape index (κ1) is 17.0. The van der Waals surface area contributed by atoms with Crippen molar-refractivity contribution in [2.75, 3.05) is 37.6 Å². The zero-order chi connectivity index (χ0) is 17.9. The first-order chi connectivity index (χ1) is 12.7. The Kier molecular flexibility index (Phi) is 4.89. The van der Waals surface area contributed by atoms with E-state index in [9.17, 15) is 4.79 Å². The van der Waals surface area contributed by atoms with Crippen molar-refractivity contribution in [1.82, 2.24) is 15.2 Å². The zero-order valence-corrected chi connectivity index (χ0v) is 15.3. The predicted octanol–water partition coefficient (Wildman–Crippen LogP) is 2.51. The van der Waals surface area contributed by atoms with E-state index in [2.05, 4.69) is 52.5 Å². The van der Waals surface area contributed by atoms with Gasteiger partial charge in [-0.3, -0.25) is 4.79 Å². The van der Waals surface area contributed by atoms with Gasteiger partial charge in [0.1, 0.15) is 5.82 Å². The summed E-state index contributed by atoms with van der Waals surface area (Å²) in [4.78, 5) is 21.5. The molecule has 5 heteroatoms. The van der Waals surface area contributed by atoms with Gasteiger partial charge >= 0.3 is 0 Å². The molecule has 2 fully saturated rings. The van der Waals surface area contributed by atoms with Gasteiger partial charge in [-0.25, -0.2) is 4.98 Å². The Morgan fingerprint density at radius 1 is 1.12 bits per heavy atom. The second-order valence-corrected chi connectivity index (χ2v) is 7.29. The SMILES string of the molecule is CC1CC(c2ccccc2)CN1c1ccc(C(=O)N2CCNCC2)cn1. The summed E-state index contributed by atoms with van der Waals surface area (Å²) in [5, 5.41) is 3.27. The van der Waals surface area contributed by atoms with E-state index in [1.807, 2.05) is 17.0 Å². The average molecular weight is 350 g/mol. The lowest BCUT2D eigenvalue weighted by atomic mass is 9.97. The monoisotopic (exact) mass is 350 g/mol. The van der Waals surface area contributed by atoms with Gasteiger partial charge in [-0.15, -0.1) is 0 Å². The van der Waals surface area contributed by atoms with Crippen molar-refractivity contribution in [1.29, 1.82) is 0 Å². The van der Waals surface area contributed by atoms with Gasteiger partial charge in [-0.1, -0.05) is 30.3 Å². The van der Waals surface area contributed by atoms with Gasteiger partial charge < -0.3 is 15.1 Å². The largest absolute Gasteiger partial charge is 0.353 e. The highest BCUT2D eigenvalue weighted by Gasteiger charge is 2.31. The molecule has 2 aliphatic heterocycles. The van der Waals surface area contributed by atoms with Crippen molar-refractivity contribution in [3.63, 3.8) is 0 Å². The molecule has 2 unspecified atom stereocenters. The van der Waals surface area contributed by atoms with Crippen molar-refractivity contribution >= 4 is 11.7 Å². The number of hydrogen-bond acceptors (Lipinski definition) is 4. The molecule has 1 aromatic heterocycles. The van der Waals surface area contributed by atoms with Gasteiger partial charge in [0.2, 0.25) is 0 Å². The van der Waals surface area contributed by atoms with Crippen LogP contribution in [0.5, 0.6) is 0 Å². The van der Waals surface area contributed by atoms with E-state index in [4.69, 9.17) is 0 Å². The number of rotatable bonds is 3. The Bertz CT molecular complexity index is 740. The van der Waals surface area contributed by atoms with Crippen molar-refractivity contribution in [3.8, 4) is 0 Å². The molecular weight excluding hydrogens is 324 g/mol. The lowest BCUT2D eigenvalue weighted by molar-refractivity contribution is 0.0735. The Morgan fingerprint density at radius 2 is 1.88 bits per heavy atom. The molecule has 1 aromatic carbocycles. The van der Waals surface area contributed by atoms with Crippen molar-refractivity contribution in [2.45, 2.75) is 25.3 Å². The highest BCUT2D eigenvalue weighted by molar-refractivity contribution is 5.94. The molecule has 2 atom stereocenters. The lowest BCUT2D eigenvalue weighted by Gasteiger charge is -2.27. The third-order valence-electron chi connectivity index (χ3n) is 5.54. The van der Waals surface area contributed by atoms with Crippen LogP contribution in [0.2, 0.25) is 0 Å². The summed E-state index contributed by atoms with van der Waals surface area (Å²) in [6.07, 6.45) is 2.87. The molecule has 0 radical (unpaired) electrons. The van der Waals surface area contributed by atoms with Crippen LogP contribution in [0.3, 0.4) is 0 Å². The molecule has 136 valence electrons. The Balaban J connectivity index is 1.46. The van der Waals surface area contributed by atoms with E-state index in [-0.39, 0.29) is 5.91 Å². The van der Waals surface area contributed by atoms with Gasteiger partial charge in [-0.2, -0.15) is 0 Å². The van der Waals surface area contributed by atoms with Crippen LogP contribution in [-0.4, -0.2) is 54.6 Å². The topological polar surface area (TPSA) is 48.5 Å². The maximum Gasteiger partial charge on any atom is 0.255 e. The number of amides is 1. The van der Waals surface area contributed by atoms with Crippen LogP contribution >= 0.6 is 0 Å². The fourth-order valence-corrected chi connectivity index (χ4v) is 4.05. The minimum Gasteiger partial charge on any atom is -0.353 e. The molecule has 2 aromatic rings. The number of nitrogens with one attached hydrogen (secondary N) is 1. The summed E-state index contributed by atoms with van der Waals surface area (Å²) in [7, 11) is 0. The highest BCUT2D eigenvalue weighted by Crippen LogP contribution is 2.34. The number of carbonyl (C=O) groups is 1. The fraction of sp³-hybridized carbons (Fsp3) is 0.429. The third-order valence-corrected chi connectivity index (χ3v) is 5.54. The van der Waals surface area contributed by atoms with Gasteiger partial charge in [0.15, 0.2) is 0 Å². The third kappa shape index (κ3) is 3.44. The van der Waals surface area contributed by atoms with Crippen molar-refractivity contribution < 1.29 is 4.79 Å². The number of carbonyl (C=O) groups excluding carboxylic acids is 1. The summed E-state index contributed by atoms with van der Waals surface area (Å²) in [6, 6.07) is 15.1. The molecule has 2 saturated heterocycles. The number of nitrogens with zero attached hydrogens (tertiary/aromatic N) is 3. The maximum atomic E-state index is 12.6. The summed E-state index contributed by atoms with van der Waals surface area (Å²) in [5.41, 5.74) is 2.08. The fourth-order valence-electron chi connectivity index (χ4n) is 4.05. The van der Waals surface area contributed by atoms with Gasteiger partial charge in [-0.05, 0) is 31.0 Å². The van der Waals surface area contributed by atoms with Crippen LogP contribution < -0.4 is 10.2 Å². The van der Waals surface area contributed by atoms with Crippen LogP contribution in [-0.2, 0) is 0 Å². The molecule has 0 aliphatic carbocycles. The summed E-state index contributed by atoms with van der Waals surface area (Å²) in [5.74, 6) is 1.59. The number of anilines is 1. The standard InChI is InChI=1S/C21H26N4O/c1-16-13-19(17-5-3-2-4-6-17)15-25(16)20-8-7-18(14-23-20)21(26)24-11-9-22-10-12-24/h2-8,14,16,19,22H,9-13,15H2,1H3. The lowest BCUT2D eigenvalue weighted by Crippen LogP contribution is -2.46. The molecule has 5 nitrogen and oxygen atoms in total. The van der Waals surface area contributed by atoms with Crippen LogP contribution in [0.15, 0.2) is 48.7 Å². The van der Waals surface area contributed by atoms with Crippen molar-refractivity contribution in [2.24, 2.45) is 0 Å². The molecule has 1 amide bonds. The Morgan fingerprint density at radius 3 is 2.58 bits per heavy atom. The number of pyridine rings is 1. The highest BCUT2D eigenvalue weighted by atomic mass is 16.2. The number of aromatic nitrogens is 1. The van der Waals surface area contributed by atoms with E-state index >= 15 is 0 Å². The summed E-state index contributed by atoms with van der Waals surface area (Å²) < 4.78 is 0. The maximum absolute atomic E-state index is 12.6. The number of hydrogen-bond donors (Lipinski definition) is 1. The predicted molar refractivity (Wildman–Crippen MR) is 104 cm³/mol. The minimum atomic E-state index is 0.0854. The quantitative estimate of drug-likeness (QED) is 0.924. The van der Waals surface area contributed by atoms with Crippen LogP contribution in [0.25, 0.3) is 0 Å². The molecule has 0 saturated carbocycles. The zero-order valence-electron chi connectivity index (χ0n) is 15.3. The molecule has 0 spiro atoms. The molecule has 3 heterocycles. The van der Waals surface area contributed by atoms with Crippen LogP contribution in [0.4, 0.5) is 5.82 Å². The smallest absolute Gasteiger partial charge is 0.255 e. The number of benzene rings is 1.